The minimum Gasteiger partial charge on any atom is -0.303 e. The Balaban J connectivity index is 1.59. The van der Waals surface area contributed by atoms with E-state index in [0.29, 0.717) is 28.6 Å². The smallest absolute Gasteiger partial charge is 0.293 e. The summed E-state index contributed by atoms with van der Waals surface area (Å²) in [4.78, 5) is 45.2. The van der Waals surface area contributed by atoms with Gasteiger partial charge >= 0.3 is 0 Å². The average Bonchev–Trinajstić information content (AvgIpc) is 3.20. The fourth-order valence-corrected chi connectivity index (χ4v) is 4.79. The molecule has 8 heteroatoms. The Morgan fingerprint density at radius 2 is 1.45 bits per heavy atom. The summed E-state index contributed by atoms with van der Waals surface area (Å²) >= 11 is 0. The molecule has 5 aromatic rings. The van der Waals surface area contributed by atoms with Crippen molar-refractivity contribution in [3.63, 3.8) is 0 Å². The van der Waals surface area contributed by atoms with E-state index in [1.54, 1.807) is 41.3 Å². The zero-order valence-electron chi connectivity index (χ0n) is 20.0. The van der Waals surface area contributed by atoms with Gasteiger partial charge in [0.2, 0.25) is 0 Å². The third kappa shape index (κ3) is 3.84. The Kier molecular flexibility index (Phi) is 5.61. The summed E-state index contributed by atoms with van der Waals surface area (Å²) in [6.45, 7) is 0.371. The number of aromatic nitrogens is 2. The first-order chi connectivity index (χ1) is 18.5. The molecule has 1 aliphatic rings. The fraction of sp³-hybridized carbons (Fsp3) is 0.0333. The largest absolute Gasteiger partial charge is 0.303 e. The van der Waals surface area contributed by atoms with Gasteiger partial charge in [-0.1, -0.05) is 72.8 Å². The number of benzene rings is 4. The van der Waals surface area contributed by atoms with Crippen LogP contribution in [-0.4, -0.2) is 20.4 Å². The van der Waals surface area contributed by atoms with Gasteiger partial charge in [0.25, 0.3) is 17.2 Å². The van der Waals surface area contributed by atoms with Gasteiger partial charge in [0.1, 0.15) is 11.5 Å². The quantitative estimate of drug-likeness (QED) is 0.183. The molecular weight excluding hydrogens is 480 g/mol. The molecule has 0 atom stereocenters. The first-order valence-electron chi connectivity index (χ1n) is 12.0. The third-order valence-corrected chi connectivity index (χ3v) is 6.54. The number of para-hydroxylation sites is 4. The number of fused-ring (bicyclic) bond motifs is 2. The Labute approximate surface area is 216 Å². The maximum Gasteiger partial charge on any atom is 0.293 e. The molecule has 6 rings (SSSR count). The van der Waals surface area contributed by atoms with Crippen LogP contribution in [0.3, 0.4) is 0 Å². The summed E-state index contributed by atoms with van der Waals surface area (Å²) in [6, 6.07) is 29.9. The molecular formula is C30H20N4O4. The fourth-order valence-electron chi connectivity index (χ4n) is 4.79. The maximum atomic E-state index is 13.8. The van der Waals surface area contributed by atoms with Crippen molar-refractivity contribution in [2.75, 3.05) is 4.90 Å². The van der Waals surface area contributed by atoms with Crippen LogP contribution in [-0.2, 0) is 11.3 Å². The Morgan fingerprint density at radius 1 is 0.789 bits per heavy atom. The van der Waals surface area contributed by atoms with E-state index in [9.17, 15) is 19.7 Å². The Hall–Kier alpha value is -5.37. The van der Waals surface area contributed by atoms with Crippen LogP contribution in [0.15, 0.2) is 108 Å². The van der Waals surface area contributed by atoms with Crippen LogP contribution < -0.4 is 10.5 Å². The van der Waals surface area contributed by atoms with Gasteiger partial charge in [-0.2, -0.15) is 0 Å². The van der Waals surface area contributed by atoms with Gasteiger partial charge in [0, 0.05) is 11.6 Å². The molecule has 38 heavy (non-hydrogen) atoms. The highest BCUT2D eigenvalue weighted by Gasteiger charge is 2.33. The maximum absolute atomic E-state index is 13.8. The van der Waals surface area contributed by atoms with Crippen molar-refractivity contribution in [3.8, 4) is 5.69 Å². The average molecular weight is 501 g/mol. The number of carbonyl (C=O) groups excluding carboxylic acids is 1. The number of rotatable bonds is 5. The van der Waals surface area contributed by atoms with Crippen LogP contribution in [0, 0.1) is 10.1 Å². The van der Waals surface area contributed by atoms with Crippen LogP contribution in [0.25, 0.3) is 28.2 Å². The molecule has 0 spiro atoms. The zero-order valence-corrected chi connectivity index (χ0v) is 20.0. The first-order valence-corrected chi connectivity index (χ1v) is 12.0. The predicted octanol–water partition coefficient (Wildman–Crippen LogP) is 5.38. The summed E-state index contributed by atoms with van der Waals surface area (Å²) in [7, 11) is 0. The van der Waals surface area contributed by atoms with Crippen LogP contribution >= 0.6 is 0 Å². The molecule has 184 valence electrons. The van der Waals surface area contributed by atoms with Crippen molar-refractivity contribution in [1.29, 1.82) is 0 Å². The number of nitrogens with zero attached hydrogens (tertiary/aromatic N) is 4. The van der Waals surface area contributed by atoms with Crippen LogP contribution in [0.1, 0.15) is 17.0 Å². The molecule has 1 aromatic heterocycles. The number of nitro benzene ring substituents is 1. The zero-order chi connectivity index (χ0) is 26.2. The van der Waals surface area contributed by atoms with E-state index in [1.165, 1.54) is 22.8 Å². The summed E-state index contributed by atoms with van der Waals surface area (Å²) in [6.07, 6.45) is 1.55. The van der Waals surface area contributed by atoms with Crippen molar-refractivity contribution in [3.05, 3.63) is 141 Å². The van der Waals surface area contributed by atoms with Crippen molar-refractivity contribution >= 4 is 39.8 Å². The molecule has 2 heterocycles. The molecule has 0 N–H and O–H groups in total. The highest BCUT2D eigenvalue weighted by Crippen LogP contribution is 2.38. The van der Waals surface area contributed by atoms with E-state index < -0.39 is 10.5 Å². The number of hydrogen-bond acceptors (Lipinski definition) is 5. The number of amides is 1. The Bertz CT molecular complexity index is 1830. The molecule has 0 bridgehead atoms. The van der Waals surface area contributed by atoms with E-state index in [-0.39, 0.29) is 23.1 Å². The summed E-state index contributed by atoms with van der Waals surface area (Å²) in [5, 5.41) is 12.2. The van der Waals surface area contributed by atoms with Gasteiger partial charge in [-0.15, -0.1) is 0 Å². The lowest BCUT2D eigenvalue weighted by Gasteiger charge is -2.17. The van der Waals surface area contributed by atoms with Gasteiger partial charge in [0.05, 0.1) is 33.6 Å². The molecule has 8 nitrogen and oxygen atoms in total. The normalized spacial score (nSPS) is 13.7. The second kappa shape index (κ2) is 9.25. The van der Waals surface area contributed by atoms with Gasteiger partial charge in [-0.25, -0.2) is 4.98 Å². The van der Waals surface area contributed by atoms with E-state index >= 15 is 0 Å². The summed E-state index contributed by atoms with van der Waals surface area (Å²) in [5.41, 5.74) is 2.57. The van der Waals surface area contributed by atoms with Crippen molar-refractivity contribution in [2.45, 2.75) is 6.54 Å². The van der Waals surface area contributed by atoms with E-state index in [2.05, 4.69) is 4.98 Å². The number of hydrogen-bond donors (Lipinski definition) is 0. The molecule has 0 fully saturated rings. The lowest BCUT2D eigenvalue weighted by molar-refractivity contribution is -0.384. The van der Waals surface area contributed by atoms with Gasteiger partial charge < -0.3 is 4.90 Å². The molecule has 0 saturated carbocycles. The van der Waals surface area contributed by atoms with Crippen molar-refractivity contribution in [1.82, 2.24) is 9.55 Å². The highest BCUT2D eigenvalue weighted by molar-refractivity contribution is 6.35. The summed E-state index contributed by atoms with van der Waals surface area (Å²) in [5.74, 6) is -0.116. The summed E-state index contributed by atoms with van der Waals surface area (Å²) < 4.78 is 1.21. The molecule has 1 amide bonds. The highest BCUT2D eigenvalue weighted by atomic mass is 16.6. The van der Waals surface area contributed by atoms with Gasteiger partial charge in [-0.05, 0) is 35.9 Å². The molecule has 0 radical (unpaired) electrons. The Morgan fingerprint density at radius 3 is 2.24 bits per heavy atom. The molecule has 1 aliphatic heterocycles. The molecule has 0 unspecified atom stereocenters. The van der Waals surface area contributed by atoms with Gasteiger partial charge in [-0.3, -0.25) is 24.3 Å². The van der Waals surface area contributed by atoms with E-state index in [4.69, 9.17) is 0 Å². The van der Waals surface area contributed by atoms with Crippen LogP contribution in [0.2, 0.25) is 0 Å². The van der Waals surface area contributed by atoms with Crippen LogP contribution in [0.5, 0.6) is 0 Å². The van der Waals surface area contributed by atoms with E-state index in [0.717, 1.165) is 11.3 Å². The standard InChI is InChI=1S/C30H20N4O4/c35-29-23(21-12-5-7-15-25(21)32(29)19-20-10-2-1-3-11-20)18-28-31-24-14-6-4-13-22(24)30(36)33(28)26-16-8-9-17-27(26)34(37)38/h1-18H,19H2. The molecule has 0 saturated heterocycles. The topological polar surface area (TPSA) is 98.3 Å². The molecule has 0 aliphatic carbocycles. The van der Waals surface area contributed by atoms with Crippen LogP contribution in [0.4, 0.5) is 11.4 Å². The number of carbonyl (C=O) groups is 1. The first kappa shape index (κ1) is 23.1. The third-order valence-electron chi connectivity index (χ3n) is 6.54. The predicted molar refractivity (Wildman–Crippen MR) is 146 cm³/mol. The lowest BCUT2D eigenvalue weighted by Crippen LogP contribution is -2.26. The van der Waals surface area contributed by atoms with Gasteiger partial charge in [0.15, 0.2) is 0 Å². The number of anilines is 1. The molecule has 4 aromatic carbocycles. The van der Waals surface area contributed by atoms with Crippen molar-refractivity contribution in [2.24, 2.45) is 0 Å². The number of nitro groups is 1. The minimum absolute atomic E-state index is 0.0764. The monoisotopic (exact) mass is 500 g/mol. The SMILES string of the molecule is O=C1C(=Cc2nc3ccccc3c(=O)n2-c2ccccc2[N+](=O)[O-])c2ccccc2N1Cc1ccccc1. The minimum atomic E-state index is -0.536. The lowest BCUT2D eigenvalue weighted by atomic mass is 10.1. The van der Waals surface area contributed by atoms with E-state index in [1.807, 2.05) is 54.6 Å². The second-order valence-electron chi connectivity index (χ2n) is 8.83. The van der Waals surface area contributed by atoms with Crippen molar-refractivity contribution < 1.29 is 9.72 Å². The second-order valence-corrected chi connectivity index (χ2v) is 8.83.